The number of aryl methyl sites for hydroxylation is 2. The van der Waals surface area contributed by atoms with Crippen LogP contribution >= 0.6 is 0 Å². The predicted molar refractivity (Wildman–Crippen MR) is 97.0 cm³/mol. The lowest BCUT2D eigenvalue weighted by molar-refractivity contribution is 0.111. The predicted octanol–water partition coefficient (Wildman–Crippen LogP) is 2.59. The second-order valence-electron chi connectivity index (χ2n) is 6.40. The zero-order valence-corrected chi connectivity index (χ0v) is 14.7. The maximum absolute atomic E-state index is 11.8. The Morgan fingerprint density at radius 3 is 2.92 bits per heavy atom. The van der Waals surface area contributed by atoms with Gasteiger partial charge in [0.2, 0.25) is 0 Å². The van der Waals surface area contributed by atoms with Gasteiger partial charge < -0.3 is 15.4 Å². The molecule has 0 spiro atoms. The van der Waals surface area contributed by atoms with E-state index in [2.05, 4.69) is 21.9 Å². The van der Waals surface area contributed by atoms with E-state index in [0.29, 0.717) is 13.1 Å². The number of hydrogen-bond acceptors (Lipinski definition) is 3. The van der Waals surface area contributed by atoms with Gasteiger partial charge in [-0.15, -0.1) is 0 Å². The molecule has 25 heavy (non-hydrogen) atoms. The van der Waals surface area contributed by atoms with Crippen molar-refractivity contribution in [3.63, 3.8) is 0 Å². The number of benzene rings is 1. The van der Waals surface area contributed by atoms with E-state index in [4.69, 9.17) is 4.74 Å². The van der Waals surface area contributed by atoms with Crippen LogP contribution in [0.5, 0.6) is 0 Å². The Balaban J connectivity index is 1.38. The van der Waals surface area contributed by atoms with Crippen molar-refractivity contribution >= 4 is 6.03 Å². The zero-order valence-electron chi connectivity index (χ0n) is 14.7. The van der Waals surface area contributed by atoms with Crippen LogP contribution in [0.3, 0.4) is 0 Å². The molecular weight excluding hydrogens is 316 g/mol. The maximum Gasteiger partial charge on any atom is 0.314 e. The van der Waals surface area contributed by atoms with Crippen molar-refractivity contribution < 1.29 is 9.53 Å². The molecule has 1 aliphatic heterocycles. The van der Waals surface area contributed by atoms with E-state index in [9.17, 15) is 4.79 Å². The highest BCUT2D eigenvalue weighted by molar-refractivity contribution is 5.73. The van der Waals surface area contributed by atoms with E-state index < -0.39 is 0 Å². The summed E-state index contributed by atoms with van der Waals surface area (Å²) in [6, 6.07) is 9.96. The third kappa shape index (κ3) is 5.06. The van der Waals surface area contributed by atoms with Crippen LogP contribution < -0.4 is 10.6 Å². The maximum atomic E-state index is 11.8. The largest absolute Gasteiger partial charge is 0.376 e. The van der Waals surface area contributed by atoms with E-state index in [1.165, 1.54) is 5.56 Å². The standard InChI is InChI=1S/C19H26N4O2/c1-15-16(14-23(22-15)17-8-3-2-4-9-17)7-5-11-20-19(24)21-13-18-10-6-12-25-18/h2-4,8-9,14,18H,5-7,10-13H2,1H3,(H2,20,21,24). The lowest BCUT2D eigenvalue weighted by Crippen LogP contribution is -2.40. The lowest BCUT2D eigenvalue weighted by Gasteiger charge is -2.11. The number of carbonyl (C=O) groups excluding carboxylic acids is 1. The van der Waals surface area contributed by atoms with Gasteiger partial charge in [0, 0.05) is 25.9 Å². The van der Waals surface area contributed by atoms with Gasteiger partial charge in [0.25, 0.3) is 0 Å². The summed E-state index contributed by atoms with van der Waals surface area (Å²) in [4.78, 5) is 11.8. The Hall–Kier alpha value is -2.34. The molecule has 134 valence electrons. The fourth-order valence-electron chi connectivity index (χ4n) is 3.01. The average molecular weight is 342 g/mol. The molecule has 1 atom stereocenters. The second-order valence-corrected chi connectivity index (χ2v) is 6.40. The molecule has 6 nitrogen and oxygen atoms in total. The summed E-state index contributed by atoms with van der Waals surface area (Å²) in [5.41, 5.74) is 3.31. The third-order valence-electron chi connectivity index (χ3n) is 4.44. The van der Waals surface area contributed by atoms with Gasteiger partial charge in [-0.3, -0.25) is 0 Å². The normalized spacial score (nSPS) is 16.8. The minimum Gasteiger partial charge on any atom is -0.376 e. The molecule has 0 saturated carbocycles. The van der Waals surface area contributed by atoms with Crippen molar-refractivity contribution in [2.45, 2.75) is 38.7 Å². The Bertz CT molecular complexity index is 678. The summed E-state index contributed by atoms with van der Waals surface area (Å²) >= 11 is 0. The fraction of sp³-hybridized carbons (Fsp3) is 0.474. The van der Waals surface area contributed by atoms with Crippen molar-refractivity contribution in [3.8, 4) is 5.69 Å². The third-order valence-corrected chi connectivity index (χ3v) is 4.44. The second kappa shape index (κ2) is 8.67. The van der Waals surface area contributed by atoms with Crippen LogP contribution in [0.15, 0.2) is 36.5 Å². The van der Waals surface area contributed by atoms with E-state index in [1.54, 1.807) is 0 Å². The summed E-state index contributed by atoms with van der Waals surface area (Å²) in [6.07, 6.45) is 6.15. The lowest BCUT2D eigenvalue weighted by atomic mass is 10.1. The van der Waals surface area contributed by atoms with Gasteiger partial charge in [0.1, 0.15) is 0 Å². The van der Waals surface area contributed by atoms with Crippen LogP contribution in [0.25, 0.3) is 5.69 Å². The smallest absolute Gasteiger partial charge is 0.314 e. The first-order chi connectivity index (χ1) is 12.2. The summed E-state index contributed by atoms with van der Waals surface area (Å²) in [7, 11) is 0. The van der Waals surface area contributed by atoms with E-state index in [-0.39, 0.29) is 12.1 Å². The molecule has 6 heteroatoms. The van der Waals surface area contributed by atoms with Gasteiger partial charge in [-0.05, 0) is 50.3 Å². The molecular formula is C19H26N4O2. The Morgan fingerprint density at radius 1 is 1.32 bits per heavy atom. The molecule has 3 rings (SSSR count). The van der Waals surface area contributed by atoms with Gasteiger partial charge in [-0.2, -0.15) is 5.10 Å². The molecule has 1 aromatic carbocycles. The molecule has 1 unspecified atom stereocenters. The number of aromatic nitrogens is 2. The first-order valence-electron chi connectivity index (χ1n) is 8.96. The number of urea groups is 1. The monoisotopic (exact) mass is 342 g/mol. The van der Waals surface area contributed by atoms with Crippen LogP contribution in [0.2, 0.25) is 0 Å². The quantitative estimate of drug-likeness (QED) is 0.760. The van der Waals surface area contributed by atoms with Crippen LogP contribution in [0.1, 0.15) is 30.5 Å². The molecule has 2 N–H and O–H groups in total. The molecule has 2 amide bonds. The minimum atomic E-state index is -0.118. The Labute approximate surface area is 148 Å². The van der Waals surface area contributed by atoms with E-state index in [0.717, 1.165) is 43.7 Å². The number of nitrogens with one attached hydrogen (secondary N) is 2. The number of nitrogens with zero attached hydrogens (tertiary/aromatic N) is 2. The van der Waals surface area contributed by atoms with Crippen LogP contribution in [0.4, 0.5) is 4.79 Å². The molecule has 1 aliphatic rings. The first kappa shape index (κ1) is 17.5. The molecule has 0 radical (unpaired) electrons. The Morgan fingerprint density at radius 2 is 2.16 bits per heavy atom. The van der Waals surface area contributed by atoms with Crippen molar-refractivity contribution in [3.05, 3.63) is 47.8 Å². The van der Waals surface area contributed by atoms with Gasteiger partial charge in [0.05, 0.1) is 17.5 Å². The summed E-state index contributed by atoms with van der Waals surface area (Å²) in [5.74, 6) is 0. The topological polar surface area (TPSA) is 68.2 Å². The average Bonchev–Trinajstić information content (AvgIpc) is 3.28. The van der Waals surface area contributed by atoms with Crippen LogP contribution in [-0.2, 0) is 11.2 Å². The zero-order chi connectivity index (χ0) is 17.5. The van der Waals surface area contributed by atoms with Gasteiger partial charge in [0.15, 0.2) is 0 Å². The van der Waals surface area contributed by atoms with Crippen molar-refractivity contribution in [1.29, 1.82) is 0 Å². The number of carbonyl (C=O) groups is 1. The van der Waals surface area contributed by atoms with Gasteiger partial charge >= 0.3 is 6.03 Å². The van der Waals surface area contributed by atoms with E-state index in [1.807, 2.05) is 41.9 Å². The molecule has 0 bridgehead atoms. The molecule has 0 aliphatic carbocycles. The highest BCUT2D eigenvalue weighted by atomic mass is 16.5. The van der Waals surface area contributed by atoms with Crippen LogP contribution in [0, 0.1) is 6.92 Å². The number of hydrogen-bond donors (Lipinski definition) is 2. The van der Waals surface area contributed by atoms with Crippen molar-refractivity contribution in [2.24, 2.45) is 0 Å². The summed E-state index contributed by atoms with van der Waals surface area (Å²) in [5, 5.41) is 10.3. The first-order valence-corrected chi connectivity index (χ1v) is 8.96. The van der Waals surface area contributed by atoms with Gasteiger partial charge in [-0.1, -0.05) is 18.2 Å². The number of rotatable bonds is 7. The fourth-order valence-corrected chi connectivity index (χ4v) is 3.01. The molecule has 2 heterocycles. The molecule has 1 aromatic heterocycles. The highest BCUT2D eigenvalue weighted by Crippen LogP contribution is 2.13. The van der Waals surface area contributed by atoms with Crippen molar-refractivity contribution in [1.82, 2.24) is 20.4 Å². The minimum absolute atomic E-state index is 0.118. The SMILES string of the molecule is Cc1nn(-c2ccccc2)cc1CCCNC(=O)NCC1CCCO1. The summed E-state index contributed by atoms with van der Waals surface area (Å²) < 4.78 is 7.40. The molecule has 1 saturated heterocycles. The Kier molecular flexibility index (Phi) is 6.06. The van der Waals surface area contributed by atoms with Crippen molar-refractivity contribution in [2.75, 3.05) is 19.7 Å². The number of ether oxygens (including phenoxy) is 1. The molecule has 2 aromatic rings. The number of amides is 2. The molecule has 1 fully saturated rings. The number of para-hydroxylation sites is 1. The van der Waals surface area contributed by atoms with E-state index >= 15 is 0 Å². The summed E-state index contributed by atoms with van der Waals surface area (Å²) in [6.45, 7) is 4.07. The van der Waals surface area contributed by atoms with Gasteiger partial charge in [-0.25, -0.2) is 9.48 Å². The highest BCUT2D eigenvalue weighted by Gasteiger charge is 2.15. The van der Waals surface area contributed by atoms with Crippen LogP contribution in [-0.4, -0.2) is 41.6 Å².